The summed E-state index contributed by atoms with van der Waals surface area (Å²) >= 11 is 6.75. The number of thiophene rings is 1. The zero-order valence-corrected chi connectivity index (χ0v) is 15.0. The molecule has 0 bridgehead atoms. The number of hydrogen-bond donors (Lipinski definition) is 1. The SMILES string of the molecule is CN1CCC(NC(=O)CN(C)S(=O)(=O)c2ccc(Cl)s2)CC1. The summed E-state index contributed by atoms with van der Waals surface area (Å²) in [6.45, 7) is 1.68. The number of rotatable bonds is 5. The van der Waals surface area contributed by atoms with Crippen molar-refractivity contribution in [1.29, 1.82) is 0 Å². The normalized spacial score (nSPS) is 17.8. The second-order valence-corrected chi connectivity index (χ2v) is 9.45. The number of hydrogen-bond acceptors (Lipinski definition) is 5. The van der Waals surface area contributed by atoms with Gasteiger partial charge in [0.2, 0.25) is 5.91 Å². The maximum Gasteiger partial charge on any atom is 0.252 e. The molecule has 1 saturated heterocycles. The van der Waals surface area contributed by atoms with E-state index in [1.165, 1.54) is 19.2 Å². The summed E-state index contributed by atoms with van der Waals surface area (Å²) in [6, 6.07) is 3.11. The van der Waals surface area contributed by atoms with Crippen molar-refractivity contribution in [2.45, 2.75) is 23.1 Å². The van der Waals surface area contributed by atoms with Gasteiger partial charge < -0.3 is 10.2 Å². The van der Waals surface area contributed by atoms with Crippen LogP contribution in [0.4, 0.5) is 0 Å². The first-order valence-corrected chi connectivity index (χ1v) is 9.62. The molecule has 0 saturated carbocycles. The number of likely N-dealkylation sites (N-methyl/N-ethyl adjacent to an activating group) is 1. The van der Waals surface area contributed by atoms with E-state index in [2.05, 4.69) is 10.2 Å². The van der Waals surface area contributed by atoms with Gasteiger partial charge in [-0.25, -0.2) is 8.42 Å². The molecule has 2 rings (SSSR count). The van der Waals surface area contributed by atoms with Crippen molar-refractivity contribution in [3.63, 3.8) is 0 Å². The van der Waals surface area contributed by atoms with Gasteiger partial charge in [-0.3, -0.25) is 4.79 Å². The molecule has 0 atom stereocenters. The predicted octanol–water partition coefficient (Wildman–Crippen LogP) is 1.23. The van der Waals surface area contributed by atoms with Crippen LogP contribution in [0.2, 0.25) is 4.34 Å². The third-order valence-electron chi connectivity index (χ3n) is 3.66. The molecule has 1 aromatic heterocycles. The third kappa shape index (κ3) is 4.42. The van der Waals surface area contributed by atoms with Crippen LogP contribution in [-0.4, -0.2) is 63.3 Å². The van der Waals surface area contributed by atoms with E-state index in [0.717, 1.165) is 41.6 Å². The first-order chi connectivity index (χ1) is 10.3. The molecule has 22 heavy (non-hydrogen) atoms. The van der Waals surface area contributed by atoms with Gasteiger partial charge in [-0.15, -0.1) is 11.3 Å². The molecule has 1 aromatic rings. The van der Waals surface area contributed by atoms with E-state index in [0.29, 0.717) is 4.34 Å². The van der Waals surface area contributed by atoms with Crippen LogP contribution in [0.3, 0.4) is 0 Å². The molecule has 6 nitrogen and oxygen atoms in total. The molecule has 0 unspecified atom stereocenters. The van der Waals surface area contributed by atoms with Gasteiger partial charge >= 0.3 is 0 Å². The van der Waals surface area contributed by atoms with Crippen LogP contribution in [-0.2, 0) is 14.8 Å². The van der Waals surface area contributed by atoms with Crippen molar-refractivity contribution in [3.8, 4) is 0 Å². The van der Waals surface area contributed by atoms with Gasteiger partial charge in [0.15, 0.2) is 0 Å². The van der Waals surface area contributed by atoms with Gasteiger partial charge in [-0.05, 0) is 45.1 Å². The number of piperidine rings is 1. The van der Waals surface area contributed by atoms with Crippen molar-refractivity contribution >= 4 is 38.9 Å². The monoisotopic (exact) mass is 365 g/mol. The summed E-state index contributed by atoms with van der Waals surface area (Å²) in [4.78, 5) is 14.2. The average Bonchev–Trinajstić information content (AvgIpc) is 2.88. The Morgan fingerprint density at radius 2 is 2.09 bits per heavy atom. The summed E-state index contributed by atoms with van der Waals surface area (Å²) < 4.78 is 26.2. The lowest BCUT2D eigenvalue weighted by Crippen LogP contribution is -2.46. The van der Waals surface area contributed by atoms with Crippen molar-refractivity contribution in [3.05, 3.63) is 16.5 Å². The summed E-state index contributed by atoms with van der Waals surface area (Å²) in [7, 11) is -0.218. The highest BCUT2D eigenvalue weighted by molar-refractivity contribution is 7.91. The summed E-state index contributed by atoms with van der Waals surface area (Å²) in [5.41, 5.74) is 0. The van der Waals surface area contributed by atoms with E-state index in [4.69, 9.17) is 11.6 Å². The molecule has 0 aromatic carbocycles. The minimum absolute atomic E-state index is 0.121. The number of carbonyl (C=O) groups excluding carboxylic acids is 1. The second-order valence-electron chi connectivity index (χ2n) is 5.46. The third-order valence-corrected chi connectivity index (χ3v) is 7.16. The van der Waals surface area contributed by atoms with Crippen LogP contribution in [0.5, 0.6) is 0 Å². The number of sulfonamides is 1. The molecule has 1 amide bonds. The van der Waals surface area contributed by atoms with Crippen molar-refractivity contribution in [2.24, 2.45) is 0 Å². The van der Waals surface area contributed by atoms with Gasteiger partial charge in [0.05, 0.1) is 10.9 Å². The van der Waals surface area contributed by atoms with Gasteiger partial charge in [0.1, 0.15) is 4.21 Å². The Morgan fingerprint density at radius 1 is 1.45 bits per heavy atom. The molecule has 124 valence electrons. The van der Waals surface area contributed by atoms with E-state index in [9.17, 15) is 13.2 Å². The quantitative estimate of drug-likeness (QED) is 0.852. The van der Waals surface area contributed by atoms with E-state index in [-0.39, 0.29) is 22.7 Å². The Balaban J connectivity index is 1.91. The van der Waals surface area contributed by atoms with Crippen LogP contribution in [0.1, 0.15) is 12.8 Å². The minimum Gasteiger partial charge on any atom is -0.352 e. The fraction of sp³-hybridized carbons (Fsp3) is 0.615. The number of halogens is 1. The van der Waals surface area contributed by atoms with Crippen molar-refractivity contribution in [1.82, 2.24) is 14.5 Å². The molecule has 1 aliphatic rings. The lowest BCUT2D eigenvalue weighted by Gasteiger charge is -2.29. The molecule has 1 aliphatic heterocycles. The Hall–Kier alpha value is -0.670. The zero-order valence-electron chi connectivity index (χ0n) is 12.6. The van der Waals surface area contributed by atoms with E-state index in [1.54, 1.807) is 0 Å². The fourth-order valence-corrected chi connectivity index (χ4v) is 5.12. The molecule has 9 heteroatoms. The Kier molecular flexibility index (Phi) is 5.84. The molecular formula is C13H20ClN3O3S2. The van der Waals surface area contributed by atoms with Gasteiger partial charge in [-0.2, -0.15) is 4.31 Å². The van der Waals surface area contributed by atoms with Crippen LogP contribution < -0.4 is 5.32 Å². The first kappa shape index (κ1) is 17.7. The number of nitrogens with one attached hydrogen (secondary N) is 1. The first-order valence-electron chi connectivity index (χ1n) is 6.98. The topological polar surface area (TPSA) is 69.7 Å². The minimum atomic E-state index is -3.66. The maximum absolute atomic E-state index is 12.3. The highest BCUT2D eigenvalue weighted by atomic mass is 35.5. The molecule has 0 spiro atoms. The number of carbonyl (C=O) groups is 1. The van der Waals surface area contributed by atoms with Crippen LogP contribution in [0.25, 0.3) is 0 Å². The highest BCUT2D eigenvalue weighted by Gasteiger charge is 2.26. The lowest BCUT2D eigenvalue weighted by molar-refractivity contribution is -0.122. The van der Waals surface area contributed by atoms with Gasteiger partial charge in [0.25, 0.3) is 10.0 Å². The zero-order chi connectivity index (χ0) is 16.3. The van der Waals surface area contributed by atoms with E-state index < -0.39 is 10.0 Å². The standard InChI is InChI=1S/C13H20ClN3O3S2/c1-16-7-5-10(6-8-16)15-12(18)9-17(2)22(19,20)13-4-3-11(14)21-13/h3-4,10H,5-9H2,1-2H3,(H,15,18). The van der Waals surface area contributed by atoms with Crippen molar-refractivity contribution in [2.75, 3.05) is 33.7 Å². The van der Waals surface area contributed by atoms with Gasteiger partial charge in [-0.1, -0.05) is 11.6 Å². The van der Waals surface area contributed by atoms with E-state index >= 15 is 0 Å². The summed E-state index contributed by atoms with van der Waals surface area (Å²) in [5.74, 6) is -0.275. The summed E-state index contributed by atoms with van der Waals surface area (Å²) in [5, 5.41) is 2.90. The highest BCUT2D eigenvalue weighted by Crippen LogP contribution is 2.27. The lowest BCUT2D eigenvalue weighted by atomic mass is 10.1. The largest absolute Gasteiger partial charge is 0.352 e. The average molecular weight is 366 g/mol. The molecule has 2 heterocycles. The smallest absolute Gasteiger partial charge is 0.252 e. The molecule has 0 radical (unpaired) electrons. The van der Waals surface area contributed by atoms with Crippen LogP contribution in [0.15, 0.2) is 16.3 Å². The molecule has 1 N–H and O–H groups in total. The maximum atomic E-state index is 12.3. The van der Waals surface area contributed by atoms with Gasteiger partial charge in [0, 0.05) is 13.1 Å². The number of nitrogens with zero attached hydrogens (tertiary/aromatic N) is 2. The number of likely N-dealkylation sites (tertiary alicyclic amines) is 1. The van der Waals surface area contributed by atoms with E-state index in [1.807, 2.05) is 7.05 Å². The Bertz CT molecular complexity index is 624. The van der Waals surface area contributed by atoms with Crippen LogP contribution in [0, 0.1) is 0 Å². The number of amides is 1. The Morgan fingerprint density at radius 3 is 2.64 bits per heavy atom. The molecule has 1 fully saturated rings. The van der Waals surface area contributed by atoms with Crippen LogP contribution >= 0.6 is 22.9 Å². The Labute approximate surface area is 140 Å². The second kappa shape index (κ2) is 7.27. The molecule has 0 aliphatic carbocycles. The molecular weight excluding hydrogens is 346 g/mol. The fourth-order valence-electron chi connectivity index (χ4n) is 2.30. The van der Waals surface area contributed by atoms with Crippen molar-refractivity contribution < 1.29 is 13.2 Å². The predicted molar refractivity (Wildman–Crippen MR) is 87.8 cm³/mol. The summed E-state index contributed by atoms with van der Waals surface area (Å²) in [6.07, 6.45) is 1.78.